The van der Waals surface area contributed by atoms with Gasteiger partial charge in [-0.2, -0.15) is 0 Å². The molecule has 1 amide bonds. The van der Waals surface area contributed by atoms with E-state index in [1.807, 2.05) is 5.38 Å². The van der Waals surface area contributed by atoms with Crippen LogP contribution in [-0.2, 0) is 0 Å². The molecule has 0 spiro atoms. The Balaban J connectivity index is 0.00000128. The number of hydrazine groups is 1. The topological polar surface area (TPSA) is 66.9 Å². The van der Waals surface area contributed by atoms with Crippen LogP contribution in [0.3, 0.4) is 0 Å². The van der Waals surface area contributed by atoms with Crippen molar-refractivity contribution >= 4 is 34.8 Å². The number of nitrogens with zero attached hydrogens (tertiary/aromatic N) is 2. The molecule has 0 aliphatic carbocycles. The van der Waals surface area contributed by atoms with E-state index in [0.29, 0.717) is 10.7 Å². The summed E-state index contributed by atoms with van der Waals surface area (Å²) >= 11 is 1.41. The van der Waals surface area contributed by atoms with Crippen LogP contribution in [0.5, 0.6) is 0 Å². The van der Waals surface area contributed by atoms with Crippen molar-refractivity contribution in [1.82, 2.24) is 15.4 Å². The Morgan fingerprint density at radius 1 is 1.25 bits per heavy atom. The summed E-state index contributed by atoms with van der Waals surface area (Å²) in [5, 5.41) is 2.47. The fourth-order valence-corrected chi connectivity index (χ4v) is 1.45. The molecule has 84 valence electrons. The van der Waals surface area contributed by atoms with Crippen molar-refractivity contribution in [1.29, 1.82) is 0 Å². The lowest BCUT2D eigenvalue weighted by Crippen LogP contribution is -2.29. The van der Waals surface area contributed by atoms with Crippen LogP contribution in [0.25, 0.3) is 0 Å². The Bertz CT molecular complexity index is 434. The summed E-state index contributed by atoms with van der Waals surface area (Å²) in [5.41, 5.74) is 5.79. The molecule has 0 unspecified atom stereocenters. The first kappa shape index (κ1) is 12.4. The van der Waals surface area contributed by atoms with E-state index in [1.54, 1.807) is 30.7 Å². The summed E-state index contributed by atoms with van der Waals surface area (Å²) in [5.74, 6) is -0.215. The number of carbonyl (C=O) groups excluding carboxylic acids is 1. The molecule has 7 heteroatoms. The van der Waals surface area contributed by atoms with Gasteiger partial charge < -0.3 is 0 Å². The molecule has 2 rings (SSSR count). The highest BCUT2D eigenvalue weighted by Gasteiger charge is 2.03. The number of aromatic nitrogens is 2. The minimum absolute atomic E-state index is 0. The number of halogens is 1. The van der Waals surface area contributed by atoms with Gasteiger partial charge in [-0.3, -0.25) is 20.6 Å². The maximum atomic E-state index is 11.5. The number of hydrogen-bond acceptors (Lipinski definition) is 5. The van der Waals surface area contributed by atoms with Gasteiger partial charge in [0.25, 0.3) is 5.91 Å². The minimum atomic E-state index is -0.215. The number of anilines is 1. The van der Waals surface area contributed by atoms with E-state index in [9.17, 15) is 4.79 Å². The van der Waals surface area contributed by atoms with Crippen molar-refractivity contribution in [2.45, 2.75) is 0 Å². The summed E-state index contributed by atoms with van der Waals surface area (Å²) < 4.78 is 0. The fourth-order valence-electron chi connectivity index (χ4n) is 0.971. The standard InChI is InChI=1S/C9H8N4OS.ClH/c14-8(7-1-3-10-4-2-7)12-13-9-11-5-6-15-9;/h1-6H,(H,11,13)(H,12,14);1H. The van der Waals surface area contributed by atoms with Gasteiger partial charge in [-0.1, -0.05) is 0 Å². The monoisotopic (exact) mass is 256 g/mol. The average molecular weight is 257 g/mol. The molecule has 0 saturated carbocycles. The van der Waals surface area contributed by atoms with Gasteiger partial charge in [-0.05, 0) is 12.1 Å². The van der Waals surface area contributed by atoms with E-state index >= 15 is 0 Å². The van der Waals surface area contributed by atoms with E-state index in [2.05, 4.69) is 20.8 Å². The van der Waals surface area contributed by atoms with Crippen LogP contribution in [0.1, 0.15) is 10.4 Å². The van der Waals surface area contributed by atoms with Crippen LogP contribution in [0, 0.1) is 0 Å². The third kappa shape index (κ3) is 3.18. The van der Waals surface area contributed by atoms with Crippen molar-refractivity contribution in [2.75, 3.05) is 5.43 Å². The van der Waals surface area contributed by atoms with Gasteiger partial charge in [0.2, 0.25) is 5.13 Å². The average Bonchev–Trinajstić information content (AvgIpc) is 2.80. The lowest BCUT2D eigenvalue weighted by atomic mass is 10.3. The Labute approximate surface area is 102 Å². The zero-order valence-electron chi connectivity index (χ0n) is 8.08. The summed E-state index contributed by atoms with van der Waals surface area (Å²) in [6.07, 6.45) is 4.79. The highest BCUT2D eigenvalue weighted by molar-refractivity contribution is 7.13. The summed E-state index contributed by atoms with van der Waals surface area (Å²) in [4.78, 5) is 19.3. The van der Waals surface area contributed by atoms with E-state index in [4.69, 9.17) is 0 Å². The second kappa shape index (κ2) is 6.04. The molecular weight excluding hydrogens is 248 g/mol. The molecule has 5 nitrogen and oxygen atoms in total. The third-order valence-corrected chi connectivity index (χ3v) is 2.35. The number of rotatable bonds is 3. The largest absolute Gasteiger partial charge is 0.273 e. The van der Waals surface area contributed by atoms with Crippen molar-refractivity contribution in [3.63, 3.8) is 0 Å². The van der Waals surface area contributed by atoms with Crippen LogP contribution >= 0.6 is 23.7 Å². The third-order valence-electron chi connectivity index (χ3n) is 1.66. The van der Waals surface area contributed by atoms with Gasteiger partial charge in [0.05, 0.1) is 0 Å². The fraction of sp³-hybridized carbons (Fsp3) is 0. The number of thiazole rings is 1. The Hall–Kier alpha value is -1.66. The zero-order valence-corrected chi connectivity index (χ0v) is 9.72. The molecule has 2 N–H and O–H groups in total. The summed E-state index contributed by atoms with van der Waals surface area (Å²) in [6.45, 7) is 0. The van der Waals surface area contributed by atoms with Crippen molar-refractivity contribution in [3.05, 3.63) is 41.7 Å². The molecule has 0 atom stereocenters. The normalized spacial score (nSPS) is 9.00. The SMILES string of the molecule is Cl.O=C(NNc1nccs1)c1ccncc1. The van der Waals surface area contributed by atoms with Crippen LogP contribution in [0.2, 0.25) is 0 Å². The molecule has 0 aromatic carbocycles. The number of hydrogen-bond donors (Lipinski definition) is 2. The first-order valence-corrected chi connectivity index (χ1v) is 5.10. The number of nitrogens with one attached hydrogen (secondary N) is 2. The highest BCUT2D eigenvalue weighted by Crippen LogP contribution is 2.08. The van der Waals surface area contributed by atoms with Crippen molar-refractivity contribution < 1.29 is 4.79 Å². The molecular formula is C9H9ClN4OS. The van der Waals surface area contributed by atoms with Gasteiger partial charge in [0.1, 0.15) is 0 Å². The van der Waals surface area contributed by atoms with Crippen LogP contribution in [0.15, 0.2) is 36.1 Å². The second-order valence-electron chi connectivity index (χ2n) is 2.65. The van der Waals surface area contributed by atoms with E-state index in [0.717, 1.165) is 0 Å². The van der Waals surface area contributed by atoms with Crippen LogP contribution in [-0.4, -0.2) is 15.9 Å². The quantitative estimate of drug-likeness (QED) is 0.821. The lowest BCUT2D eigenvalue weighted by Gasteiger charge is -2.04. The Morgan fingerprint density at radius 3 is 2.62 bits per heavy atom. The van der Waals surface area contributed by atoms with Crippen LogP contribution in [0.4, 0.5) is 5.13 Å². The molecule has 0 aliphatic rings. The van der Waals surface area contributed by atoms with Crippen molar-refractivity contribution in [2.24, 2.45) is 0 Å². The minimum Gasteiger partial charge on any atom is -0.273 e. The van der Waals surface area contributed by atoms with Gasteiger partial charge in [0.15, 0.2) is 0 Å². The lowest BCUT2D eigenvalue weighted by molar-refractivity contribution is 0.0962. The number of carbonyl (C=O) groups is 1. The molecule has 0 bridgehead atoms. The zero-order chi connectivity index (χ0) is 10.5. The molecule has 16 heavy (non-hydrogen) atoms. The number of amides is 1. The van der Waals surface area contributed by atoms with E-state index in [-0.39, 0.29) is 18.3 Å². The van der Waals surface area contributed by atoms with E-state index in [1.165, 1.54) is 11.3 Å². The molecule has 0 aliphatic heterocycles. The molecule has 0 fully saturated rings. The molecule has 2 aromatic rings. The Morgan fingerprint density at radius 2 is 2.00 bits per heavy atom. The van der Waals surface area contributed by atoms with Crippen LogP contribution < -0.4 is 10.9 Å². The first-order chi connectivity index (χ1) is 7.36. The highest BCUT2D eigenvalue weighted by atomic mass is 35.5. The van der Waals surface area contributed by atoms with Gasteiger partial charge in [0, 0.05) is 29.5 Å². The Kier molecular flexibility index (Phi) is 4.68. The summed E-state index contributed by atoms with van der Waals surface area (Å²) in [6, 6.07) is 3.28. The van der Waals surface area contributed by atoms with Crippen molar-refractivity contribution in [3.8, 4) is 0 Å². The molecule has 2 heterocycles. The maximum absolute atomic E-state index is 11.5. The van der Waals surface area contributed by atoms with Gasteiger partial charge in [-0.25, -0.2) is 4.98 Å². The number of pyridine rings is 1. The smallest absolute Gasteiger partial charge is 0.269 e. The maximum Gasteiger partial charge on any atom is 0.269 e. The van der Waals surface area contributed by atoms with Gasteiger partial charge in [-0.15, -0.1) is 23.7 Å². The van der Waals surface area contributed by atoms with Gasteiger partial charge >= 0.3 is 0 Å². The molecule has 0 radical (unpaired) electrons. The first-order valence-electron chi connectivity index (χ1n) is 4.22. The predicted molar refractivity (Wildman–Crippen MR) is 64.7 cm³/mol. The summed E-state index contributed by atoms with van der Waals surface area (Å²) in [7, 11) is 0. The predicted octanol–water partition coefficient (Wildman–Crippen LogP) is 1.72. The molecule has 2 aromatic heterocycles. The van der Waals surface area contributed by atoms with E-state index < -0.39 is 0 Å². The second-order valence-corrected chi connectivity index (χ2v) is 3.55. The molecule has 0 saturated heterocycles.